The number of hydrogen-bond acceptors (Lipinski definition) is 3. The van der Waals surface area contributed by atoms with Gasteiger partial charge in [0, 0.05) is 0 Å². The molecule has 2 N–H and O–H groups in total. The Morgan fingerprint density at radius 2 is 2.29 bits per heavy atom. The third-order valence-electron chi connectivity index (χ3n) is 1.98. The van der Waals surface area contributed by atoms with Gasteiger partial charge in [0.05, 0.1) is 24.3 Å². The zero-order chi connectivity index (χ0) is 10.6. The van der Waals surface area contributed by atoms with E-state index in [0.717, 1.165) is 6.07 Å². The van der Waals surface area contributed by atoms with E-state index < -0.39 is 5.82 Å². The predicted molar refractivity (Wildman–Crippen MR) is 50.0 cm³/mol. The number of benzene rings is 1. The second-order valence-corrected chi connectivity index (χ2v) is 2.91. The van der Waals surface area contributed by atoms with Crippen LogP contribution in [0.25, 0.3) is 0 Å². The van der Waals surface area contributed by atoms with Crippen molar-refractivity contribution in [3.05, 3.63) is 35.1 Å². The summed E-state index contributed by atoms with van der Waals surface area (Å²) in [5.41, 5.74) is 0.834. The summed E-state index contributed by atoms with van der Waals surface area (Å²) in [5.74, 6) is -0.465. The molecule has 0 unspecified atom stereocenters. The lowest BCUT2D eigenvalue weighted by Crippen LogP contribution is -2.20. The zero-order valence-corrected chi connectivity index (χ0v) is 7.79. The molecule has 4 heteroatoms. The molecule has 1 atom stereocenters. The highest BCUT2D eigenvalue weighted by atomic mass is 19.1. The second-order valence-electron chi connectivity index (χ2n) is 2.91. The number of aliphatic hydroxyl groups excluding tert-OH is 1. The highest BCUT2D eigenvalue weighted by molar-refractivity contribution is 5.35. The van der Waals surface area contributed by atoms with Crippen LogP contribution in [0.15, 0.2) is 18.2 Å². The van der Waals surface area contributed by atoms with E-state index in [1.807, 2.05) is 6.07 Å². The Labute approximate surface area is 81.8 Å². The minimum Gasteiger partial charge on any atom is -0.394 e. The zero-order valence-electron chi connectivity index (χ0n) is 7.79. The highest BCUT2D eigenvalue weighted by Crippen LogP contribution is 2.15. The summed E-state index contributed by atoms with van der Waals surface area (Å²) in [5, 5.41) is 20.4. The standard InChI is InChI=1S/C10H11FN2O/c1-13-10(6-14)8-2-7(5-12)3-9(11)4-8/h2-4,10,13-14H,6H2,1H3/t10-/m0/s1. The minimum absolute atomic E-state index is 0.134. The molecule has 0 aliphatic carbocycles. The van der Waals surface area contributed by atoms with Crippen LogP contribution in [0, 0.1) is 17.1 Å². The molecule has 0 bridgehead atoms. The van der Waals surface area contributed by atoms with Gasteiger partial charge in [-0.3, -0.25) is 0 Å². The molecular formula is C10H11FN2O. The summed E-state index contributed by atoms with van der Waals surface area (Å²) >= 11 is 0. The number of aliphatic hydroxyl groups is 1. The van der Waals surface area contributed by atoms with Crippen LogP contribution in [0.4, 0.5) is 4.39 Å². The lowest BCUT2D eigenvalue weighted by Gasteiger charge is -2.13. The van der Waals surface area contributed by atoms with Gasteiger partial charge < -0.3 is 10.4 Å². The fourth-order valence-electron chi connectivity index (χ4n) is 1.24. The molecule has 1 aromatic carbocycles. The van der Waals surface area contributed by atoms with Crippen LogP contribution in [0.1, 0.15) is 17.2 Å². The maximum Gasteiger partial charge on any atom is 0.124 e. The number of nitriles is 1. The summed E-state index contributed by atoms with van der Waals surface area (Å²) in [6.45, 7) is -0.134. The molecule has 14 heavy (non-hydrogen) atoms. The average Bonchev–Trinajstić information content (AvgIpc) is 2.19. The second kappa shape index (κ2) is 4.70. The van der Waals surface area contributed by atoms with Crippen LogP contribution in [0.2, 0.25) is 0 Å². The lowest BCUT2D eigenvalue weighted by atomic mass is 10.0. The first-order chi connectivity index (χ1) is 6.71. The molecular weight excluding hydrogens is 183 g/mol. The Balaban J connectivity index is 3.09. The molecule has 3 nitrogen and oxygen atoms in total. The van der Waals surface area contributed by atoms with Gasteiger partial charge >= 0.3 is 0 Å². The smallest absolute Gasteiger partial charge is 0.124 e. The fourth-order valence-corrected chi connectivity index (χ4v) is 1.24. The van der Waals surface area contributed by atoms with Gasteiger partial charge in [0.15, 0.2) is 0 Å². The van der Waals surface area contributed by atoms with Gasteiger partial charge in [-0.2, -0.15) is 5.26 Å². The number of halogens is 1. The van der Waals surface area contributed by atoms with Gasteiger partial charge in [-0.25, -0.2) is 4.39 Å². The van der Waals surface area contributed by atoms with E-state index in [2.05, 4.69) is 5.32 Å². The summed E-state index contributed by atoms with van der Waals surface area (Å²) in [7, 11) is 1.66. The fraction of sp³-hybridized carbons (Fsp3) is 0.300. The van der Waals surface area contributed by atoms with Gasteiger partial charge in [-0.15, -0.1) is 0 Å². The summed E-state index contributed by atoms with van der Waals surface area (Å²) in [6.07, 6.45) is 0. The molecule has 0 fully saturated rings. The number of hydrogen-bond donors (Lipinski definition) is 2. The third kappa shape index (κ3) is 2.28. The molecule has 1 aromatic rings. The molecule has 0 aliphatic heterocycles. The van der Waals surface area contributed by atoms with Crippen molar-refractivity contribution < 1.29 is 9.50 Å². The van der Waals surface area contributed by atoms with Crippen molar-refractivity contribution in [2.45, 2.75) is 6.04 Å². The van der Waals surface area contributed by atoms with E-state index in [0.29, 0.717) is 5.56 Å². The molecule has 1 rings (SSSR count). The summed E-state index contributed by atoms with van der Waals surface area (Å²) < 4.78 is 13.0. The van der Waals surface area contributed by atoms with E-state index in [4.69, 9.17) is 10.4 Å². The maximum absolute atomic E-state index is 13.0. The Bertz CT molecular complexity index is 356. The largest absolute Gasteiger partial charge is 0.394 e. The van der Waals surface area contributed by atoms with Crippen molar-refractivity contribution in [1.82, 2.24) is 5.32 Å². The average molecular weight is 194 g/mol. The van der Waals surface area contributed by atoms with Crippen LogP contribution in [0.3, 0.4) is 0 Å². The third-order valence-corrected chi connectivity index (χ3v) is 1.98. The minimum atomic E-state index is -0.465. The Morgan fingerprint density at radius 1 is 1.57 bits per heavy atom. The van der Waals surface area contributed by atoms with Crippen LogP contribution in [-0.2, 0) is 0 Å². The number of rotatable bonds is 3. The monoisotopic (exact) mass is 194 g/mol. The molecule has 74 valence electrons. The normalized spacial score (nSPS) is 12.1. The van der Waals surface area contributed by atoms with Crippen LogP contribution in [-0.4, -0.2) is 18.8 Å². The molecule has 0 spiro atoms. The Morgan fingerprint density at radius 3 is 2.79 bits per heavy atom. The van der Waals surface area contributed by atoms with Crippen molar-refractivity contribution >= 4 is 0 Å². The molecule has 0 saturated carbocycles. The molecule has 0 aromatic heterocycles. The van der Waals surface area contributed by atoms with Crippen molar-refractivity contribution in [2.24, 2.45) is 0 Å². The molecule has 0 aliphatic rings. The maximum atomic E-state index is 13.0. The van der Waals surface area contributed by atoms with E-state index in [1.54, 1.807) is 13.1 Å². The Hall–Kier alpha value is -1.44. The lowest BCUT2D eigenvalue weighted by molar-refractivity contribution is 0.250. The molecule has 0 heterocycles. The number of nitrogens with one attached hydrogen (secondary N) is 1. The predicted octanol–water partition coefficient (Wildman–Crippen LogP) is 0.950. The van der Waals surface area contributed by atoms with Gasteiger partial charge in [0.1, 0.15) is 5.82 Å². The number of likely N-dealkylation sites (N-methyl/N-ethyl adjacent to an activating group) is 1. The van der Waals surface area contributed by atoms with Gasteiger partial charge in [0.2, 0.25) is 0 Å². The first-order valence-electron chi connectivity index (χ1n) is 4.20. The van der Waals surface area contributed by atoms with Crippen molar-refractivity contribution in [3.8, 4) is 6.07 Å². The van der Waals surface area contributed by atoms with Crippen LogP contribution in [0.5, 0.6) is 0 Å². The van der Waals surface area contributed by atoms with Crippen molar-refractivity contribution in [1.29, 1.82) is 5.26 Å². The van der Waals surface area contributed by atoms with Crippen molar-refractivity contribution in [2.75, 3.05) is 13.7 Å². The summed E-state index contributed by atoms with van der Waals surface area (Å²) in [6, 6.07) is 5.55. The topological polar surface area (TPSA) is 56.0 Å². The summed E-state index contributed by atoms with van der Waals surface area (Å²) in [4.78, 5) is 0. The van der Waals surface area contributed by atoms with Crippen LogP contribution < -0.4 is 5.32 Å². The molecule has 0 radical (unpaired) electrons. The van der Waals surface area contributed by atoms with Gasteiger partial charge in [-0.1, -0.05) is 0 Å². The SMILES string of the molecule is CN[C@@H](CO)c1cc(F)cc(C#N)c1. The van der Waals surface area contributed by atoms with E-state index in [-0.39, 0.29) is 18.2 Å². The van der Waals surface area contributed by atoms with E-state index in [9.17, 15) is 4.39 Å². The quantitative estimate of drug-likeness (QED) is 0.753. The highest BCUT2D eigenvalue weighted by Gasteiger charge is 2.09. The van der Waals surface area contributed by atoms with Crippen LogP contribution >= 0.6 is 0 Å². The molecule has 0 amide bonds. The molecule has 0 saturated heterocycles. The van der Waals surface area contributed by atoms with Gasteiger partial charge in [-0.05, 0) is 30.8 Å². The van der Waals surface area contributed by atoms with E-state index in [1.165, 1.54) is 6.07 Å². The number of nitrogens with zero attached hydrogens (tertiary/aromatic N) is 1. The first-order valence-corrected chi connectivity index (χ1v) is 4.20. The van der Waals surface area contributed by atoms with Gasteiger partial charge in [0.25, 0.3) is 0 Å². The Kier molecular flexibility index (Phi) is 3.57. The van der Waals surface area contributed by atoms with Crippen molar-refractivity contribution in [3.63, 3.8) is 0 Å². The first kappa shape index (κ1) is 10.6. The van der Waals surface area contributed by atoms with E-state index >= 15 is 0 Å².